The molecule has 0 radical (unpaired) electrons. The van der Waals surface area contributed by atoms with Crippen LogP contribution in [0.5, 0.6) is 5.75 Å². The van der Waals surface area contributed by atoms with Gasteiger partial charge >= 0.3 is 5.97 Å². The first-order valence-electron chi connectivity index (χ1n) is 6.08. The van der Waals surface area contributed by atoms with Crippen LogP contribution in [-0.4, -0.2) is 18.2 Å². The molecular weight excluding hydrogens is 235 g/mol. The van der Waals surface area contributed by atoms with E-state index in [9.17, 15) is 9.18 Å². The fourth-order valence-corrected chi connectivity index (χ4v) is 2.40. The molecule has 1 aromatic carbocycles. The highest BCUT2D eigenvalue weighted by Gasteiger charge is 2.36. The van der Waals surface area contributed by atoms with Crippen LogP contribution in [-0.2, 0) is 4.79 Å². The van der Waals surface area contributed by atoms with Gasteiger partial charge in [0.15, 0.2) is 11.6 Å². The fraction of sp³-hybridized carbons (Fsp3) is 0.500. The summed E-state index contributed by atoms with van der Waals surface area (Å²) in [5.41, 5.74) is 1.37. The molecule has 1 aromatic rings. The Labute approximate surface area is 106 Å². The van der Waals surface area contributed by atoms with Gasteiger partial charge in [-0.05, 0) is 42.9 Å². The number of carboxylic acid groups (broad SMARTS) is 1. The third-order valence-corrected chi connectivity index (χ3v) is 3.42. The molecule has 1 aliphatic rings. The number of carbonyl (C=O) groups is 1. The van der Waals surface area contributed by atoms with Crippen molar-refractivity contribution in [3.05, 3.63) is 29.1 Å². The molecule has 0 spiro atoms. The molecule has 1 N–H and O–H groups in total. The van der Waals surface area contributed by atoms with E-state index in [2.05, 4.69) is 0 Å². The van der Waals surface area contributed by atoms with Crippen molar-refractivity contribution in [2.75, 3.05) is 7.11 Å². The molecule has 0 amide bonds. The molecule has 0 aromatic heterocycles. The van der Waals surface area contributed by atoms with Gasteiger partial charge in [0, 0.05) is 5.92 Å². The average molecular weight is 252 g/mol. The summed E-state index contributed by atoms with van der Waals surface area (Å²) in [6, 6.07) is 3.37. The van der Waals surface area contributed by atoms with Gasteiger partial charge in [-0.15, -0.1) is 0 Å². The Kier molecular flexibility index (Phi) is 3.55. The zero-order chi connectivity index (χ0) is 13.3. The Balaban J connectivity index is 2.40. The van der Waals surface area contributed by atoms with Crippen molar-refractivity contribution in [1.29, 1.82) is 0 Å². The van der Waals surface area contributed by atoms with E-state index in [0.29, 0.717) is 11.5 Å². The predicted molar refractivity (Wildman–Crippen MR) is 65.4 cm³/mol. The van der Waals surface area contributed by atoms with Crippen LogP contribution in [0.15, 0.2) is 12.1 Å². The molecule has 0 saturated heterocycles. The largest absolute Gasteiger partial charge is 0.494 e. The Morgan fingerprint density at radius 1 is 1.56 bits per heavy atom. The lowest BCUT2D eigenvalue weighted by atomic mass is 9.89. The highest BCUT2D eigenvalue weighted by Crippen LogP contribution is 2.46. The number of methoxy groups -OCH3 is 1. The van der Waals surface area contributed by atoms with Gasteiger partial charge in [0.05, 0.1) is 13.5 Å². The van der Waals surface area contributed by atoms with E-state index in [4.69, 9.17) is 9.84 Å². The van der Waals surface area contributed by atoms with E-state index in [1.54, 1.807) is 12.1 Å². The first kappa shape index (κ1) is 12.9. The summed E-state index contributed by atoms with van der Waals surface area (Å²) in [5, 5.41) is 8.95. The molecule has 0 heterocycles. The normalized spacial score (nSPS) is 16.4. The van der Waals surface area contributed by atoms with E-state index in [-0.39, 0.29) is 18.1 Å². The van der Waals surface area contributed by atoms with Gasteiger partial charge in [-0.25, -0.2) is 4.39 Å². The number of aliphatic carboxylic acids is 1. The van der Waals surface area contributed by atoms with E-state index in [1.165, 1.54) is 7.11 Å². The van der Waals surface area contributed by atoms with Crippen molar-refractivity contribution < 1.29 is 19.0 Å². The van der Waals surface area contributed by atoms with E-state index >= 15 is 0 Å². The van der Waals surface area contributed by atoms with Crippen molar-refractivity contribution in [1.82, 2.24) is 0 Å². The van der Waals surface area contributed by atoms with Crippen LogP contribution in [0.1, 0.15) is 36.3 Å². The second-order valence-electron chi connectivity index (χ2n) is 4.91. The lowest BCUT2D eigenvalue weighted by Gasteiger charge is -2.17. The Bertz CT molecular complexity index is 466. The van der Waals surface area contributed by atoms with Gasteiger partial charge < -0.3 is 9.84 Å². The zero-order valence-electron chi connectivity index (χ0n) is 10.6. The maximum absolute atomic E-state index is 14.2. The smallest absolute Gasteiger partial charge is 0.303 e. The summed E-state index contributed by atoms with van der Waals surface area (Å²) < 4.78 is 19.2. The second kappa shape index (κ2) is 4.96. The van der Waals surface area contributed by atoms with Crippen LogP contribution < -0.4 is 4.74 Å². The SMILES string of the molecule is COc1cc(C)cc(C(CC(=O)O)C2CC2)c1F. The van der Waals surface area contributed by atoms with Gasteiger partial charge in [-0.3, -0.25) is 4.79 Å². The molecule has 1 saturated carbocycles. The second-order valence-corrected chi connectivity index (χ2v) is 4.91. The zero-order valence-corrected chi connectivity index (χ0v) is 10.6. The number of carboxylic acids is 1. The minimum absolute atomic E-state index is 0.0196. The topological polar surface area (TPSA) is 46.5 Å². The van der Waals surface area contributed by atoms with Crippen molar-refractivity contribution >= 4 is 5.97 Å². The summed E-state index contributed by atoms with van der Waals surface area (Å²) in [6.45, 7) is 1.86. The summed E-state index contributed by atoms with van der Waals surface area (Å²) in [7, 11) is 1.42. The van der Waals surface area contributed by atoms with Crippen LogP contribution in [0.25, 0.3) is 0 Å². The van der Waals surface area contributed by atoms with Crippen LogP contribution in [0.2, 0.25) is 0 Å². The summed E-state index contributed by atoms with van der Waals surface area (Å²) in [6.07, 6.45) is 1.94. The number of ether oxygens (including phenoxy) is 1. The quantitative estimate of drug-likeness (QED) is 0.875. The Morgan fingerprint density at radius 3 is 2.72 bits per heavy atom. The maximum Gasteiger partial charge on any atom is 0.303 e. The molecule has 98 valence electrons. The minimum Gasteiger partial charge on any atom is -0.494 e. The van der Waals surface area contributed by atoms with Crippen LogP contribution in [0.3, 0.4) is 0 Å². The fourth-order valence-electron chi connectivity index (χ4n) is 2.40. The molecule has 18 heavy (non-hydrogen) atoms. The van der Waals surface area contributed by atoms with Gasteiger partial charge in [-0.1, -0.05) is 6.07 Å². The van der Waals surface area contributed by atoms with E-state index in [1.807, 2.05) is 6.92 Å². The van der Waals surface area contributed by atoms with Crippen LogP contribution in [0.4, 0.5) is 4.39 Å². The van der Waals surface area contributed by atoms with Crippen molar-refractivity contribution in [3.8, 4) is 5.75 Å². The molecule has 4 heteroatoms. The van der Waals surface area contributed by atoms with E-state index in [0.717, 1.165) is 18.4 Å². The highest BCUT2D eigenvalue weighted by atomic mass is 19.1. The molecule has 1 aliphatic carbocycles. The Hall–Kier alpha value is -1.58. The van der Waals surface area contributed by atoms with Gasteiger partial charge in [0.1, 0.15) is 0 Å². The van der Waals surface area contributed by atoms with Crippen LogP contribution >= 0.6 is 0 Å². The van der Waals surface area contributed by atoms with Crippen molar-refractivity contribution in [2.24, 2.45) is 5.92 Å². The summed E-state index contributed by atoms with van der Waals surface area (Å²) in [4.78, 5) is 10.9. The van der Waals surface area contributed by atoms with Gasteiger partial charge in [0.25, 0.3) is 0 Å². The molecule has 0 bridgehead atoms. The number of rotatable bonds is 5. The van der Waals surface area contributed by atoms with Gasteiger partial charge in [-0.2, -0.15) is 0 Å². The summed E-state index contributed by atoms with van der Waals surface area (Å²) >= 11 is 0. The monoisotopic (exact) mass is 252 g/mol. The molecular formula is C14H17FO3. The number of halogens is 1. The van der Waals surface area contributed by atoms with Gasteiger partial charge in [0.2, 0.25) is 0 Å². The standard InChI is InChI=1S/C14H17FO3/c1-8-5-11(14(15)12(6-8)18-2)10(7-13(16)17)9-3-4-9/h5-6,9-10H,3-4,7H2,1-2H3,(H,16,17). The van der Waals surface area contributed by atoms with Crippen molar-refractivity contribution in [3.63, 3.8) is 0 Å². The third-order valence-electron chi connectivity index (χ3n) is 3.42. The predicted octanol–water partition coefficient (Wildman–Crippen LogP) is 3.11. The minimum atomic E-state index is -0.883. The molecule has 0 aliphatic heterocycles. The number of aryl methyl sites for hydroxylation is 1. The average Bonchev–Trinajstić information content (AvgIpc) is 3.12. The van der Waals surface area contributed by atoms with E-state index < -0.39 is 11.8 Å². The number of hydrogen-bond acceptors (Lipinski definition) is 2. The molecule has 1 atom stereocenters. The third kappa shape index (κ3) is 2.63. The Morgan fingerprint density at radius 2 is 2.22 bits per heavy atom. The number of hydrogen-bond donors (Lipinski definition) is 1. The first-order chi connectivity index (χ1) is 8.52. The molecule has 1 fully saturated rings. The summed E-state index contributed by atoms with van der Waals surface area (Å²) in [5.74, 6) is -1.05. The lowest BCUT2D eigenvalue weighted by molar-refractivity contribution is -0.137. The molecule has 3 nitrogen and oxygen atoms in total. The number of benzene rings is 1. The highest BCUT2D eigenvalue weighted by molar-refractivity contribution is 5.68. The van der Waals surface area contributed by atoms with Crippen LogP contribution in [0, 0.1) is 18.7 Å². The first-order valence-corrected chi connectivity index (χ1v) is 6.08. The lowest BCUT2D eigenvalue weighted by Crippen LogP contribution is -2.11. The maximum atomic E-state index is 14.2. The molecule has 1 unspecified atom stereocenters. The van der Waals surface area contributed by atoms with Crippen molar-refractivity contribution in [2.45, 2.75) is 32.1 Å². The molecule has 2 rings (SSSR count).